The van der Waals surface area contributed by atoms with Gasteiger partial charge >= 0.3 is 16.3 Å². The molecule has 0 aliphatic heterocycles. The molecule has 0 unspecified atom stereocenters. The molecule has 146 valence electrons. The molecule has 0 aliphatic rings. The Morgan fingerprint density at radius 3 is 2.07 bits per heavy atom. The standard InChI is InChI=1S/C18H11F4NO4S/c19-15-3-1-2-4-16(15)28(24,25)27-14-8-6-13(7-9-14)26-17-10-5-12(11-23-17)18(20,21)22/h1-11H. The molecule has 0 saturated carbocycles. The van der Waals surface area contributed by atoms with Crippen molar-refractivity contribution in [3.8, 4) is 17.4 Å². The summed E-state index contributed by atoms with van der Waals surface area (Å²) in [6.07, 6.45) is -3.87. The molecule has 28 heavy (non-hydrogen) atoms. The maximum Gasteiger partial charge on any atom is 0.417 e. The van der Waals surface area contributed by atoms with Crippen molar-refractivity contribution in [2.24, 2.45) is 0 Å². The van der Waals surface area contributed by atoms with Crippen molar-refractivity contribution in [1.82, 2.24) is 4.98 Å². The van der Waals surface area contributed by atoms with E-state index in [0.29, 0.717) is 6.20 Å². The summed E-state index contributed by atoms with van der Waals surface area (Å²) in [6.45, 7) is 0. The minimum Gasteiger partial charge on any atom is -0.439 e. The number of benzene rings is 2. The van der Waals surface area contributed by atoms with Crippen LogP contribution in [0.15, 0.2) is 71.8 Å². The highest BCUT2D eigenvalue weighted by Crippen LogP contribution is 2.30. The van der Waals surface area contributed by atoms with Gasteiger partial charge in [0.15, 0.2) is 0 Å². The van der Waals surface area contributed by atoms with Gasteiger partial charge in [-0.15, -0.1) is 0 Å². The number of nitrogens with zero attached hydrogens (tertiary/aromatic N) is 1. The average Bonchev–Trinajstić information content (AvgIpc) is 2.63. The summed E-state index contributed by atoms with van der Waals surface area (Å²) in [4.78, 5) is 2.95. The third-order valence-corrected chi connectivity index (χ3v) is 4.70. The van der Waals surface area contributed by atoms with Gasteiger partial charge in [-0.25, -0.2) is 9.37 Å². The molecule has 1 aromatic heterocycles. The second-order valence-electron chi connectivity index (χ2n) is 5.42. The Bertz CT molecular complexity index is 1070. The smallest absolute Gasteiger partial charge is 0.417 e. The minimum absolute atomic E-state index is 0.0827. The first-order valence-electron chi connectivity index (χ1n) is 7.65. The lowest BCUT2D eigenvalue weighted by atomic mass is 10.3. The molecule has 3 rings (SSSR count). The first-order valence-corrected chi connectivity index (χ1v) is 9.06. The van der Waals surface area contributed by atoms with Gasteiger partial charge in [0, 0.05) is 12.3 Å². The lowest BCUT2D eigenvalue weighted by Crippen LogP contribution is -2.11. The average molecular weight is 413 g/mol. The Labute approximate surface area is 157 Å². The van der Waals surface area contributed by atoms with Crippen LogP contribution in [0.1, 0.15) is 5.56 Å². The summed E-state index contributed by atoms with van der Waals surface area (Å²) >= 11 is 0. The number of hydrogen-bond donors (Lipinski definition) is 0. The van der Waals surface area contributed by atoms with E-state index in [1.54, 1.807) is 0 Å². The first-order chi connectivity index (χ1) is 13.1. The lowest BCUT2D eigenvalue weighted by molar-refractivity contribution is -0.137. The highest BCUT2D eigenvalue weighted by atomic mass is 32.2. The molecule has 0 amide bonds. The highest BCUT2D eigenvalue weighted by Gasteiger charge is 2.30. The Hall–Kier alpha value is -3.14. The number of hydrogen-bond acceptors (Lipinski definition) is 5. The van der Waals surface area contributed by atoms with Crippen LogP contribution in [-0.2, 0) is 16.3 Å². The quantitative estimate of drug-likeness (QED) is 0.444. The maximum atomic E-state index is 13.6. The molecule has 0 radical (unpaired) electrons. The predicted octanol–water partition coefficient (Wildman–Crippen LogP) is 4.80. The van der Waals surface area contributed by atoms with Gasteiger partial charge in [-0.05, 0) is 42.5 Å². The van der Waals surface area contributed by atoms with E-state index in [9.17, 15) is 26.0 Å². The van der Waals surface area contributed by atoms with E-state index in [0.717, 1.165) is 24.3 Å². The maximum absolute atomic E-state index is 13.6. The molecule has 1 heterocycles. The summed E-state index contributed by atoms with van der Waals surface area (Å²) in [5, 5.41) is 0. The van der Waals surface area contributed by atoms with Crippen LogP contribution in [0.4, 0.5) is 17.6 Å². The van der Waals surface area contributed by atoms with E-state index in [1.807, 2.05) is 0 Å². The minimum atomic E-state index is -4.51. The fourth-order valence-electron chi connectivity index (χ4n) is 2.11. The molecule has 3 aromatic rings. The second kappa shape index (κ2) is 7.47. The van der Waals surface area contributed by atoms with Crippen LogP contribution in [-0.4, -0.2) is 13.4 Å². The fraction of sp³-hybridized carbons (Fsp3) is 0.0556. The van der Waals surface area contributed by atoms with Gasteiger partial charge in [-0.1, -0.05) is 12.1 Å². The van der Waals surface area contributed by atoms with Crippen molar-refractivity contribution in [2.45, 2.75) is 11.1 Å². The Balaban J connectivity index is 1.71. The van der Waals surface area contributed by atoms with Crippen LogP contribution >= 0.6 is 0 Å². The zero-order valence-corrected chi connectivity index (χ0v) is 14.7. The van der Waals surface area contributed by atoms with Crippen molar-refractivity contribution in [2.75, 3.05) is 0 Å². The molecule has 0 fully saturated rings. The van der Waals surface area contributed by atoms with E-state index in [1.165, 1.54) is 36.4 Å². The first kappa shape index (κ1) is 19.6. The van der Waals surface area contributed by atoms with Crippen LogP contribution in [0, 0.1) is 5.82 Å². The van der Waals surface area contributed by atoms with Crippen molar-refractivity contribution in [3.05, 3.63) is 78.2 Å². The van der Waals surface area contributed by atoms with Crippen LogP contribution < -0.4 is 8.92 Å². The topological polar surface area (TPSA) is 65.5 Å². The summed E-state index contributed by atoms with van der Waals surface area (Å²) in [5.41, 5.74) is -0.915. The SMILES string of the molecule is O=S(=O)(Oc1ccc(Oc2ccc(C(F)(F)F)cn2)cc1)c1ccccc1F. The molecular weight excluding hydrogens is 402 g/mol. The van der Waals surface area contributed by atoms with Crippen LogP contribution in [0.3, 0.4) is 0 Å². The molecule has 2 aromatic carbocycles. The largest absolute Gasteiger partial charge is 0.439 e. The fourth-order valence-corrected chi connectivity index (χ4v) is 3.12. The van der Waals surface area contributed by atoms with E-state index >= 15 is 0 Å². The molecule has 0 aliphatic carbocycles. The van der Waals surface area contributed by atoms with E-state index < -0.39 is 32.6 Å². The number of pyridine rings is 1. The summed E-state index contributed by atoms with van der Waals surface area (Å²) in [6, 6.07) is 11.8. The molecular formula is C18H11F4NO4S. The van der Waals surface area contributed by atoms with Crippen LogP contribution in [0.2, 0.25) is 0 Å². The molecule has 0 spiro atoms. The van der Waals surface area contributed by atoms with Gasteiger partial charge in [0.2, 0.25) is 5.88 Å². The number of rotatable bonds is 5. The summed E-state index contributed by atoms with van der Waals surface area (Å²) < 4.78 is 85.5. The predicted molar refractivity (Wildman–Crippen MR) is 90.0 cm³/mol. The van der Waals surface area contributed by atoms with Crippen LogP contribution in [0.5, 0.6) is 17.4 Å². The number of aromatic nitrogens is 1. The zero-order valence-electron chi connectivity index (χ0n) is 13.9. The van der Waals surface area contributed by atoms with E-state index in [4.69, 9.17) is 8.92 Å². The number of ether oxygens (including phenoxy) is 1. The molecule has 0 bridgehead atoms. The van der Waals surface area contributed by atoms with Crippen molar-refractivity contribution >= 4 is 10.1 Å². The van der Waals surface area contributed by atoms with Crippen LogP contribution in [0.25, 0.3) is 0 Å². The van der Waals surface area contributed by atoms with Gasteiger partial charge < -0.3 is 8.92 Å². The summed E-state index contributed by atoms with van der Waals surface area (Å²) in [7, 11) is -4.37. The second-order valence-corrected chi connectivity index (χ2v) is 6.94. The van der Waals surface area contributed by atoms with E-state index in [-0.39, 0.29) is 17.4 Å². The van der Waals surface area contributed by atoms with Gasteiger partial charge in [0.25, 0.3) is 0 Å². The van der Waals surface area contributed by atoms with Crippen molar-refractivity contribution < 1.29 is 34.9 Å². The molecule has 5 nitrogen and oxygen atoms in total. The Kier molecular flexibility index (Phi) is 5.23. The number of halogens is 4. The van der Waals surface area contributed by atoms with Gasteiger partial charge in [0.05, 0.1) is 5.56 Å². The van der Waals surface area contributed by atoms with Gasteiger partial charge in [0.1, 0.15) is 22.2 Å². The molecule has 0 N–H and O–H groups in total. The van der Waals surface area contributed by atoms with Crippen molar-refractivity contribution in [3.63, 3.8) is 0 Å². The summed E-state index contributed by atoms with van der Waals surface area (Å²) in [5.74, 6) is -0.949. The Morgan fingerprint density at radius 1 is 0.857 bits per heavy atom. The third kappa shape index (κ3) is 4.58. The zero-order chi connectivity index (χ0) is 20.4. The van der Waals surface area contributed by atoms with E-state index in [2.05, 4.69) is 4.98 Å². The molecule has 0 saturated heterocycles. The number of alkyl halides is 3. The molecule has 0 atom stereocenters. The highest BCUT2D eigenvalue weighted by molar-refractivity contribution is 7.87. The normalized spacial score (nSPS) is 11.9. The monoisotopic (exact) mass is 413 g/mol. The third-order valence-electron chi connectivity index (χ3n) is 3.42. The lowest BCUT2D eigenvalue weighted by Gasteiger charge is -2.10. The molecule has 10 heteroatoms. The van der Waals surface area contributed by atoms with Gasteiger partial charge in [-0.3, -0.25) is 0 Å². The van der Waals surface area contributed by atoms with Gasteiger partial charge in [-0.2, -0.15) is 21.6 Å². The Morgan fingerprint density at radius 2 is 1.50 bits per heavy atom. The van der Waals surface area contributed by atoms with Crippen molar-refractivity contribution in [1.29, 1.82) is 0 Å².